The average molecular weight is 683 g/mol. The molecule has 3 aliphatic carbocycles. The molecule has 0 heterocycles. The predicted molar refractivity (Wildman–Crippen MR) is 195 cm³/mol. The van der Waals surface area contributed by atoms with Gasteiger partial charge in [-0.1, -0.05) is 99.1 Å². The molecular formula is C43H54O7. The number of Topliss-reactive ketones (excluding diaryl/α,β-unsaturated/α-hetero) is 4. The van der Waals surface area contributed by atoms with Gasteiger partial charge in [-0.15, -0.1) is 0 Å². The Kier molecular flexibility index (Phi) is 8.88. The molecule has 50 heavy (non-hydrogen) atoms. The summed E-state index contributed by atoms with van der Waals surface area (Å²) in [5, 5.41) is 35.9. The Morgan fingerprint density at radius 2 is 1.42 bits per heavy atom. The number of rotatable bonds is 6. The van der Waals surface area contributed by atoms with E-state index in [1.807, 2.05) is 26.8 Å². The van der Waals surface area contributed by atoms with Crippen LogP contribution in [0.5, 0.6) is 5.75 Å². The van der Waals surface area contributed by atoms with Crippen molar-refractivity contribution in [3.63, 3.8) is 0 Å². The van der Waals surface area contributed by atoms with E-state index in [-0.39, 0.29) is 77.1 Å². The van der Waals surface area contributed by atoms with Crippen LogP contribution in [0.2, 0.25) is 0 Å². The minimum Gasteiger partial charge on any atom is -0.507 e. The fourth-order valence-electron chi connectivity index (χ4n) is 8.99. The number of phenolic OH excluding ortho intramolecular Hbond substituents is 1. The lowest BCUT2D eigenvalue weighted by atomic mass is 9.46. The minimum absolute atomic E-state index is 0.0414. The third-order valence-corrected chi connectivity index (χ3v) is 11.5. The normalized spacial score (nSPS) is 25.5. The van der Waals surface area contributed by atoms with Crippen LogP contribution in [0.25, 0.3) is 5.76 Å². The van der Waals surface area contributed by atoms with Crippen molar-refractivity contribution in [2.24, 2.45) is 10.8 Å². The maximum absolute atomic E-state index is 14.5. The van der Waals surface area contributed by atoms with Crippen LogP contribution in [0.1, 0.15) is 141 Å². The summed E-state index contributed by atoms with van der Waals surface area (Å²) < 4.78 is 0. The largest absolute Gasteiger partial charge is 0.507 e. The van der Waals surface area contributed by atoms with Crippen LogP contribution in [0.3, 0.4) is 0 Å². The maximum atomic E-state index is 14.5. The highest BCUT2D eigenvalue weighted by Crippen LogP contribution is 2.62. The van der Waals surface area contributed by atoms with E-state index < -0.39 is 39.5 Å². The van der Waals surface area contributed by atoms with Crippen molar-refractivity contribution in [3.8, 4) is 5.75 Å². The highest BCUT2D eigenvalue weighted by Gasteiger charge is 2.69. The molecule has 3 aliphatic rings. The summed E-state index contributed by atoms with van der Waals surface area (Å²) in [4.78, 5) is 54.6. The molecule has 1 fully saturated rings. The molecule has 5 rings (SSSR count). The van der Waals surface area contributed by atoms with E-state index in [4.69, 9.17) is 0 Å². The summed E-state index contributed by atoms with van der Waals surface area (Å²) in [5.41, 5.74) is 0.379. The zero-order chi connectivity index (χ0) is 37.7. The van der Waals surface area contributed by atoms with Gasteiger partial charge in [0.25, 0.3) is 0 Å². The Morgan fingerprint density at radius 1 is 0.860 bits per heavy atom. The van der Waals surface area contributed by atoms with Gasteiger partial charge in [-0.25, -0.2) is 0 Å². The highest BCUT2D eigenvalue weighted by atomic mass is 16.3. The topological polar surface area (TPSA) is 129 Å². The molecule has 3 N–H and O–H groups in total. The van der Waals surface area contributed by atoms with Gasteiger partial charge in [0.05, 0.1) is 11.1 Å². The number of aromatic hydroxyl groups is 1. The first kappa shape index (κ1) is 37.4. The third-order valence-electron chi connectivity index (χ3n) is 11.5. The molecule has 0 aromatic heterocycles. The Labute approximate surface area is 296 Å². The summed E-state index contributed by atoms with van der Waals surface area (Å²) in [6.45, 7) is 23.4. The number of aliphatic hydroxyl groups is 2. The van der Waals surface area contributed by atoms with Crippen LogP contribution in [-0.2, 0) is 49.3 Å². The Morgan fingerprint density at radius 3 is 1.92 bits per heavy atom. The van der Waals surface area contributed by atoms with Crippen LogP contribution >= 0.6 is 0 Å². The SMILES string of the molecule is CC(=O)C1=C(C)C[C@@]2(C)C[C@@]3(C)Cc4c(C(C)C)cc(CC(=O)Cc5cc(C(C)(C)C)cc(C(C)(C)C)c5)c(O)c4C(O)=C3C(=O)[C@@]2(O)C1=O. The van der Waals surface area contributed by atoms with Gasteiger partial charge in [0.2, 0.25) is 11.6 Å². The summed E-state index contributed by atoms with van der Waals surface area (Å²) in [6.07, 6.45) is 0.705. The number of carbonyl (C=O) groups is 4. The zero-order valence-corrected chi connectivity index (χ0v) is 31.9. The second-order valence-electron chi connectivity index (χ2n) is 18.2. The lowest BCUT2D eigenvalue weighted by Gasteiger charge is -2.56. The molecule has 0 saturated heterocycles. The fourth-order valence-corrected chi connectivity index (χ4v) is 8.99. The molecule has 1 saturated carbocycles. The van der Waals surface area contributed by atoms with Crippen molar-refractivity contribution in [2.75, 3.05) is 0 Å². The minimum atomic E-state index is -2.55. The summed E-state index contributed by atoms with van der Waals surface area (Å²) in [6, 6.07) is 8.20. The van der Waals surface area contributed by atoms with E-state index in [1.165, 1.54) is 6.92 Å². The highest BCUT2D eigenvalue weighted by molar-refractivity contribution is 6.33. The van der Waals surface area contributed by atoms with Crippen molar-refractivity contribution in [3.05, 3.63) is 79.9 Å². The molecule has 0 bridgehead atoms. The lowest BCUT2D eigenvalue weighted by Crippen LogP contribution is -2.67. The van der Waals surface area contributed by atoms with E-state index >= 15 is 0 Å². The van der Waals surface area contributed by atoms with E-state index in [9.17, 15) is 34.5 Å². The summed E-state index contributed by atoms with van der Waals surface area (Å²) in [7, 11) is 0. The molecule has 7 heteroatoms. The van der Waals surface area contributed by atoms with E-state index in [0.717, 1.165) is 22.3 Å². The number of hydrogen-bond acceptors (Lipinski definition) is 7. The van der Waals surface area contributed by atoms with Gasteiger partial charge < -0.3 is 15.3 Å². The summed E-state index contributed by atoms with van der Waals surface area (Å²) >= 11 is 0. The molecule has 0 spiro atoms. The molecule has 0 unspecified atom stereocenters. The Balaban J connectivity index is 1.61. The molecule has 0 amide bonds. The second kappa shape index (κ2) is 11.9. The average Bonchev–Trinajstić information content (AvgIpc) is 2.94. The first-order chi connectivity index (χ1) is 22.8. The van der Waals surface area contributed by atoms with Gasteiger partial charge in [0.15, 0.2) is 11.4 Å². The molecule has 2 aromatic rings. The van der Waals surface area contributed by atoms with Gasteiger partial charge in [-0.3, -0.25) is 19.2 Å². The van der Waals surface area contributed by atoms with Gasteiger partial charge in [-0.2, -0.15) is 0 Å². The number of hydrogen-bond donors (Lipinski definition) is 3. The number of phenols is 1. The van der Waals surface area contributed by atoms with Gasteiger partial charge in [0.1, 0.15) is 17.3 Å². The standard InChI is InChI=1S/C43H54O7/c1-22(2)30-17-26(16-29(45)15-25-13-27(39(5,6)7)18-28(14-25)40(8,9)10)35(46)33-31(30)20-41(11)21-42(12)19-23(3)32(24(4)44)37(48)43(42,50)38(49)34(41)36(33)47/h13-14,17-18,22,46-47,50H,15-16,19-21H2,1-12H3/t41-,42+,43+/m1/s1. The molecule has 3 atom stereocenters. The van der Waals surface area contributed by atoms with Gasteiger partial charge in [-0.05, 0) is 77.7 Å². The van der Waals surface area contributed by atoms with Crippen LogP contribution in [0, 0.1) is 10.8 Å². The predicted octanol–water partition coefficient (Wildman–Crippen LogP) is 7.88. The first-order valence-electron chi connectivity index (χ1n) is 17.8. The van der Waals surface area contributed by atoms with Crippen molar-refractivity contribution < 1.29 is 34.5 Å². The van der Waals surface area contributed by atoms with Crippen molar-refractivity contribution in [2.45, 2.75) is 138 Å². The molecule has 7 nitrogen and oxygen atoms in total. The Hall–Kier alpha value is -3.84. The van der Waals surface area contributed by atoms with Gasteiger partial charge >= 0.3 is 0 Å². The number of aliphatic hydroxyl groups excluding tert-OH is 1. The van der Waals surface area contributed by atoms with Crippen molar-refractivity contribution in [1.82, 2.24) is 0 Å². The quantitative estimate of drug-likeness (QED) is 0.209. The van der Waals surface area contributed by atoms with Crippen molar-refractivity contribution >= 4 is 28.9 Å². The number of allylic oxidation sites excluding steroid dienone is 1. The van der Waals surface area contributed by atoms with Crippen LogP contribution in [-0.4, -0.2) is 44.1 Å². The smallest absolute Gasteiger partial charge is 0.206 e. The van der Waals surface area contributed by atoms with Crippen molar-refractivity contribution in [1.29, 1.82) is 0 Å². The second-order valence-corrected chi connectivity index (χ2v) is 18.2. The monoisotopic (exact) mass is 682 g/mol. The summed E-state index contributed by atoms with van der Waals surface area (Å²) in [5.74, 6) is -3.32. The van der Waals surface area contributed by atoms with E-state index in [1.54, 1.807) is 13.8 Å². The molecule has 0 radical (unpaired) electrons. The molecular weight excluding hydrogens is 628 g/mol. The maximum Gasteiger partial charge on any atom is 0.206 e. The lowest BCUT2D eigenvalue weighted by molar-refractivity contribution is -0.171. The number of ketones is 4. The first-order valence-corrected chi connectivity index (χ1v) is 17.8. The molecule has 0 aliphatic heterocycles. The molecule has 2 aromatic carbocycles. The van der Waals surface area contributed by atoms with Crippen LogP contribution in [0.15, 0.2) is 41.0 Å². The fraction of sp³-hybridized carbons (Fsp3) is 0.535. The Bertz CT molecular complexity index is 1890. The van der Waals surface area contributed by atoms with E-state index in [2.05, 4.69) is 59.7 Å². The zero-order valence-electron chi connectivity index (χ0n) is 31.9. The number of benzene rings is 2. The van der Waals surface area contributed by atoms with Crippen LogP contribution in [0.4, 0.5) is 0 Å². The number of fused-ring (bicyclic) bond motifs is 3. The third kappa shape index (κ3) is 5.79. The van der Waals surface area contributed by atoms with Gasteiger partial charge in [0, 0.05) is 34.8 Å². The number of carbonyl (C=O) groups excluding carboxylic acids is 4. The van der Waals surface area contributed by atoms with E-state index in [0.29, 0.717) is 16.7 Å². The van der Waals surface area contributed by atoms with Crippen LogP contribution < -0.4 is 0 Å². The molecule has 268 valence electrons.